The molecule has 0 spiro atoms. The lowest BCUT2D eigenvalue weighted by Crippen LogP contribution is -2.26. The van der Waals surface area contributed by atoms with Crippen LogP contribution in [-0.4, -0.2) is 27.3 Å². The first kappa shape index (κ1) is 17.2. The van der Waals surface area contributed by atoms with Gasteiger partial charge in [0.2, 0.25) is 0 Å². The van der Waals surface area contributed by atoms with Gasteiger partial charge in [0.15, 0.2) is 0 Å². The van der Waals surface area contributed by atoms with Crippen LogP contribution in [0, 0.1) is 6.92 Å². The summed E-state index contributed by atoms with van der Waals surface area (Å²) < 4.78 is 10.8. The summed E-state index contributed by atoms with van der Waals surface area (Å²) >= 11 is 1.84. The third kappa shape index (κ3) is 3.87. The van der Waals surface area contributed by atoms with Gasteiger partial charge in [-0.25, -0.2) is 0 Å². The molecule has 1 fully saturated rings. The maximum absolute atomic E-state index is 5.46. The van der Waals surface area contributed by atoms with E-state index in [2.05, 4.69) is 42.6 Å². The summed E-state index contributed by atoms with van der Waals surface area (Å²) in [6, 6.07) is 12.8. The van der Waals surface area contributed by atoms with Gasteiger partial charge < -0.3 is 14.8 Å². The van der Waals surface area contributed by atoms with Crippen LogP contribution in [0.2, 0.25) is 0 Å². The molecule has 0 bridgehead atoms. The number of hydrogen-bond acceptors (Lipinski definition) is 4. The van der Waals surface area contributed by atoms with Crippen LogP contribution in [0.1, 0.15) is 29.9 Å². The SMILES string of the molecule is COc1ccc(Sc2ccc(OC)cc2C2CCNCC2)c(C)c1. The molecular weight excluding hydrogens is 318 g/mol. The second kappa shape index (κ2) is 7.95. The molecule has 0 atom stereocenters. The van der Waals surface area contributed by atoms with Crippen molar-refractivity contribution in [3.8, 4) is 11.5 Å². The fraction of sp³-hybridized carbons (Fsp3) is 0.400. The Bertz CT molecular complexity index is 696. The molecule has 2 aromatic carbocycles. The van der Waals surface area contributed by atoms with Gasteiger partial charge in [-0.3, -0.25) is 0 Å². The molecule has 0 aromatic heterocycles. The van der Waals surface area contributed by atoms with Gasteiger partial charge in [-0.1, -0.05) is 11.8 Å². The van der Waals surface area contributed by atoms with Crippen molar-refractivity contribution in [1.29, 1.82) is 0 Å². The van der Waals surface area contributed by atoms with E-state index in [1.54, 1.807) is 14.2 Å². The fourth-order valence-corrected chi connectivity index (χ4v) is 4.25. The summed E-state index contributed by atoms with van der Waals surface area (Å²) in [6.07, 6.45) is 2.37. The van der Waals surface area contributed by atoms with E-state index in [4.69, 9.17) is 9.47 Å². The zero-order valence-corrected chi connectivity index (χ0v) is 15.4. The van der Waals surface area contributed by atoms with E-state index < -0.39 is 0 Å². The number of benzene rings is 2. The second-order valence-corrected chi connectivity index (χ2v) is 7.25. The Morgan fingerprint density at radius 1 is 0.917 bits per heavy atom. The number of methoxy groups -OCH3 is 2. The lowest BCUT2D eigenvalue weighted by Gasteiger charge is -2.25. The normalized spacial score (nSPS) is 15.3. The quantitative estimate of drug-likeness (QED) is 0.857. The first-order chi connectivity index (χ1) is 11.7. The highest BCUT2D eigenvalue weighted by molar-refractivity contribution is 7.99. The topological polar surface area (TPSA) is 30.5 Å². The number of aryl methyl sites for hydroxylation is 1. The lowest BCUT2D eigenvalue weighted by molar-refractivity contribution is 0.410. The fourth-order valence-electron chi connectivity index (χ4n) is 3.18. The molecule has 1 N–H and O–H groups in total. The third-order valence-electron chi connectivity index (χ3n) is 4.60. The summed E-state index contributed by atoms with van der Waals surface area (Å²) in [6.45, 7) is 4.32. The average molecular weight is 343 g/mol. The van der Waals surface area contributed by atoms with E-state index in [-0.39, 0.29) is 0 Å². The maximum atomic E-state index is 5.46. The maximum Gasteiger partial charge on any atom is 0.119 e. The molecule has 0 saturated carbocycles. The molecule has 24 heavy (non-hydrogen) atoms. The first-order valence-electron chi connectivity index (χ1n) is 8.42. The van der Waals surface area contributed by atoms with Crippen molar-refractivity contribution in [3.05, 3.63) is 47.5 Å². The summed E-state index contributed by atoms with van der Waals surface area (Å²) in [5.74, 6) is 2.45. The van der Waals surface area contributed by atoms with Gasteiger partial charge >= 0.3 is 0 Å². The highest BCUT2D eigenvalue weighted by Crippen LogP contribution is 2.40. The van der Waals surface area contributed by atoms with E-state index in [0.717, 1.165) is 24.6 Å². The van der Waals surface area contributed by atoms with Gasteiger partial charge in [-0.15, -0.1) is 0 Å². The van der Waals surface area contributed by atoms with E-state index >= 15 is 0 Å². The molecule has 1 aliphatic rings. The molecule has 1 heterocycles. The van der Waals surface area contributed by atoms with Crippen molar-refractivity contribution in [2.45, 2.75) is 35.5 Å². The van der Waals surface area contributed by atoms with Crippen LogP contribution >= 0.6 is 11.8 Å². The standard InChI is InChI=1S/C20H25NO2S/c1-14-12-16(22-2)4-6-19(14)24-20-7-5-17(23-3)13-18(20)15-8-10-21-11-9-15/h4-7,12-13,15,21H,8-11H2,1-3H3. The lowest BCUT2D eigenvalue weighted by atomic mass is 9.90. The highest BCUT2D eigenvalue weighted by Gasteiger charge is 2.20. The number of piperidine rings is 1. The molecule has 4 heteroatoms. The molecule has 128 valence electrons. The Hall–Kier alpha value is -1.65. The number of nitrogens with one attached hydrogen (secondary N) is 1. The van der Waals surface area contributed by atoms with Crippen LogP contribution in [0.15, 0.2) is 46.2 Å². The molecule has 1 aliphatic heterocycles. The molecule has 3 rings (SSSR count). The van der Waals surface area contributed by atoms with Crippen LogP contribution in [0.4, 0.5) is 0 Å². The summed E-state index contributed by atoms with van der Waals surface area (Å²) in [7, 11) is 3.45. The van der Waals surface area contributed by atoms with E-state index in [9.17, 15) is 0 Å². The Morgan fingerprint density at radius 3 is 2.17 bits per heavy atom. The minimum absolute atomic E-state index is 0.599. The molecule has 0 radical (unpaired) electrons. The van der Waals surface area contributed by atoms with Crippen molar-refractivity contribution >= 4 is 11.8 Å². The van der Waals surface area contributed by atoms with Crippen molar-refractivity contribution in [2.24, 2.45) is 0 Å². The zero-order chi connectivity index (χ0) is 16.9. The van der Waals surface area contributed by atoms with Gasteiger partial charge in [0.25, 0.3) is 0 Å². The van der Waals surface area contributed by atoms with Crippen LogP contribution in [0.25, 0.3) is 0 Å². The summed E-state index contributed by atoms with van der Waals surface area (Å²) in [5, 5.41) is 3.45. The van der Waals surface area contributed by atoms with Crippen molar-refractivity contribution in [3.63, 3.8) is 0 Å². The van der Waals surface area contributed by atoms with Crippen molar-refractivity contribution in [2.75, 3.05) is 27.3 Å². The largest absolute Gasteiger partial charge is 0.497 e. The minimum atomic E-state index is 0.599. The molecule has 0 unspecified atom stereocenters. The average Bonchev–Trinajstić information content (AvgIpc) is 2.64. The number of ether oxygens (including phenoxy) is 2. The van der Waals surface area contributed by atoms with E-state index in [0.29, 0.717) is 5.92 Å². The van der Waals surface area contributed by atoms with Crippen molar-refractivity contribution in [1.82, 2.24) is 5.32 Å². The van der Waals surface area contributed by atoms with Gasteiger partial charge in [-0.05, 0) is 86.3 Å². The molecule has 2 aromatic rings. The van der Waals surface area contributed by atoms with Crippen molar-refractivity contribution < 1.29 is 9.47 Å². The van der Waals surface area contributed by atoms with E-state index in [1.165, 1.54) is 33.8 Å². The first-order valence-corrected chi connectivity index (χ1v) is 9.24. The second-order valence-electron chi connectivity index (χ2n) is 6.16. The Labute approximate surface area is 148 Å². The van der Waals surface area contributed by atoms with Crippen LogP contribution in [0.5, 0.6) is 11.5 Å². The minimum Gasteiger partial charge on any atom is -0.497 e. The van der Waals surface area contributed by atoms with Crippen LogP contribution < -0.4 is 14.8 Å². The van der Waals surface area contributed by atoms with E-state index in [1.807, 2.05) is 17.8 Å². The number of rotatable bonds is 5. The summed E-state index contributed by atoms with van der Waals surface area (Å²) in [4.78, 5) is 2.60. The van der Waals surface area contributed by atoms with Gasteiger partial charge in [0.1, 0.15) is 11.5 Å². The van der Waals surface area contributed by atoms with Gasteiger partial charge in [0, 0.05) is 9.79 Å². The highest BCUT2D eigenvalue weighted by atomic mass is 32.2. The molecule has 3 nitrogen and oxygen atoms in total. The molecule has 1 saturated heterocycles. The smallest absolute Gasteiger partial charge is 0.119 e. The third-order valence-corrected chi connectivity index (χ3v) is 5.87. The Kier molecular flexibility index (Phi) is 5.69. The number of hydrogen-bond donors (Lipinski definition) is 1. The Balaban J connectivity index is 1.91. The van der Waals surface area contributed by atoms with Crippen LogP contribution in [-0.2, 0) is 0 Å². The molecular formula is C20H25NO2S. The zero-order valence-electron chi connectivity index (χ0n) is 14.6. The van der Waals surface area contributed by atoms with Gasteiger partial charge in [0.05, 0.1) is 14.2 Å². The van der Waals surface area contributed by atoms with Gasteiger partial charge in [-0.2, -0.15) is 0 Å². The predicted molar refractivity (Wildman–Crippen MR) is 99.7 cm³/mol. The molecule has 0 aliphatic carbocycles. The summed E-state index contributed by atoms with van der Waals surface area (Å²) in [5.41, 5.74) is 2.66. The molecule has 0 amide bonds. The van der Waals surface area contributed by atoms with Crippen LogP contribution in [0.3, 0.4) is 0 Å². The predicted octanol–water partition coefficient (Wildman–Crippen LogP) is 4.63. The monoisotopic (exact) mass is 343 g/mol. The Morgan fingerprint density at radius 2 is 1.54 bits per heavy atom.